The van der Waals surface area contributed by atoms with E-state index in [9.17, 15) is 9.90 Å². The van der Waals surface area contributed by atoms with Gasteiger partial charge >= 0.3 is 5.97 Å². The van der Waals surface area contributed by atoms with Crippen molar-refractivity contribution in [3.8, 4) is 11.5 Å². The van der Waals surface area contributed by atoms with E-state index in [1.165, 1.54) is 0 Å². The van der Waals surface area contributed by atoms with Crippen LogP contribution in [0.15, 0.2) is 36.4 Å². The van der Waals surface area contributed by atoms with Gasteiger partial charge < -0.3 is 19.3 Å². The Labute approximate surface area is 145 Å². The monoisotopic (exact) mass is 340 g/mol. The maximum Gasteiger partial charge on any atom is 0.306 e. The summed E-state index contributed by atoms with van der Waals surface area (Å²) in [7, 11) is 0. The Morgan fingerprint density at radius 2 is 1.76 bits per heavy atom. The third-order valence-electron chi connectivity index (χ3n) is 5.68. The second-order valence-corrected chi connectivity index (χ2v) is 7.23. The number of esters is 1. The highest BCUT2D eigenvalue weighted by Gasteiger charge is 2.55. The zero-order chi connectivity index (χ0) is 17.0. The van der Waals surface area contributed by atoms with Crippen molar-refractivity contribution in [1.82, 2.24) is 0 Å². The van der Waals surface area contributed by atoms with Crippen LogP contribution < -0.4 is 9.47 Å². The van der Waals surface area contributed by atoms with Gasteiger partial charge in [-0.05, 0) is 36.8 Å². The largest absolute Gasteiger partial charge is 0.462 e. The number of carbonyl (C=O) groups excluding carboxylic acids is 1. The molecule has 1 N–H and O–H groups in total. The molecule has 5 rings (SSSR count). The molecule has 0 bridgehead atoms. The summed E-state index contributed by atoms with van der Waals surface area (Å²) < 4.78 is 18.4. The van der Waals surface area contributed by atoms with Gasteiger partial charge in [0.25, 0.3) is 5.79 Å². The molecule has 3 aliphatic rings. The molecule has 5 nitrogen and oxygen atoms in total. The lowest BCUT2D eigenvalue weighted by atomic mass is 9.77. The van der Waals surface area contributed by atoms with Gasteiger partial charge in [0.15, 0.2) is 0 Å². The molecule has 0 radical (unpaired) electrons. The van der Waals surface area contributed by atoms with Crippen molar-refractivity contribution < 1.29 is 24.1 Å². The molecular formula is C20H20O5. The van der Waals surface area contributed by atoms with Gasteiger partial charge in [-0.1, -0.05) is 24.3 Å². The zero-order valence-electron chi connectivity index (χ0n) is 13.8. The highest BCUT2D eigenvalue weighted by atomic mass is 16.7. The first-order valence-corrected chi connectivity index (χ1v) is 8.92. The fourth-order valence-electron chi connectivity index (χ4n) is 4.50. The van der Waals surface area contributed by atoms with E-state index in [1.54, 1.807) is 0 Å². The Morgan fingerprint density at radius 3 is 2.40 bits per heavy atom. The van der Waals surface area contributed by atoms with Crippen molar-refractivity contribution in [3.63, 3.8) is 0 Å². The summed E-state index contributed by atoms with van der Waals surface area (Å²) >= 11 is 0. The third kappa shape index (κ3) is 2.29. The maximum absolute atomic E-state index is 11.6. The molecular weight excluding hydrogens is 320 g/mol. The molecule has 3 unspecified atom stereocenters. The standard InChI is InChI=1S/C20H20O5/c21-13-9-10-20(14(11-13)15-7-8-18(22)23-15)24-16-5-1-3-12-4-2-6-17(25-20)19(12)16/h1-6,13-15,21H,7-11H2. The predicted octanol–water partition coefficient (Wildman–Crippen LogP) is 3.17. The second kappa shape index (κ2) is 5.36. The van der Waals surface area contributed by atoms with Crippen LogP contribution in [-0.4, -0.2) is 29.1 Å². The van der Waals surface area contributed by atoms with Crippen LogP contribution in [0.25, 0.3) is 10.8 Å². The quantitative estimate of drug-likeness (QED) is 0.808. The van der Waals surface area contributed by atoms with Gasteiger partial charge in [-0.2, -0.15) is 0 Å². The van der Waals surface area contributed by atoms with E-state index in [0.717, 1.165) is 22.3 Å². The summed E-state index contributed by atoms with van der Waals surface area (Å²) in [6, 6.07) is 11.9. The summed E-state index contributed by atoms with van der Waals surface area (Å²) in [6.45, 7) is 0. The lowest BCUT2D eigenvalue weighted by Gasteiger charge is -2.48. The minimum atomic E-state index is -0.892. The molecule has 0 amide bonds. The number of cyclic esters (lactones) is 1. The fourth-order valence-corrected chi connectivity index (χ4v) is 4.50. The van der Waals surface area contributed by atoms with Crippen LogP contribution in [-0.2, 0) is 9.53 Å². The van der Waals surface area contributed by atoms with Gasteiger partial charge in [0, 0.05) is 12.8 Å². The van der Waals surface area contributed by atoms with Gasteiger partial charge in [0.1, 0.15) is 17.6 Å². The van der Waals surface area contributed by atoms with E-state index in [-0.39, 0.29) is 18.0 Å². The molecule has 25 heavy (non-hydrogen) atoms. The number of aliphatic hydroxyl groups excluding tert-OH is 1. The number of rotatable bonds is 1. The van der Waals surface area contributed by atoms with Crippen LogP contribution in [0.3, 0.4) is 0 Å². The van der Waals surface area contributed by atoms with Crippen molar-refractivity contribution in [3.05, 3.63) is 36.4 Å². The average Bonchev–Trinajstić information content (AvgIpc) is 3.04. The van der Waals surface area contributed by atoms with Crippen molar-refractivity contribution >= 4 is 16.7 Å². The van der Waals surface area contributed by atoms with E-state index in [4.69, 9.17) is 14.2 Å². The number of aliphatic hydroxyl groups is 1. The summed E-state index contributed by atoms with van der Waals surface area (Å²) in [5.41, 5.74) is 0. The minimum absolute atomic E-state index is 0.182. The molecule has 2 aromatic carbocycles. The Kier molecular flexibility index (Phi) is 3.22. The average molecular weight is 340 g/mol. The van der Waals surface area contributed by atoms with E-state index >= 15 is 0 Å². The van der Waals surface area contributed by atoms with Crippen LogP contribution in [0.4, 0.5) is 0 Å². The SMILES string of the molecule is O=C1CCC(C2CC(O)CCC23Oc2cccc4cccc(c24)O3)O1. The minimum Gasteiger partial charge on any atom is -0.462 e. The van der Waals surface area contributed by atoms with Crippen LogP contribution in [0.2, 0.25) is 0 Å². The second-order valence-electron chi connectivity index (χ2n) is 7.23. The Balaban J connectivity index is 1.58. The van der Waals surface area contributed by atoms with Crippen molar-refractivity contribution in [1.29, 1.82) is 0 Å². The van der Waals surface area contributed by atoms with Crippen LogP contribution >= 0.6 is 0 Å². The maximum atomic E-state index is 11.6. The Morgan fingerprint density at radius 1 is 1.04 bits per heavy atom. The number of hydrogen-bond donors (Lipinski definition) is 1. The number of ether oxygens (including phenoxy) is 3. The van der Waals surface area contributed by atoms with Crippen molar-refractivity contribution in [2.24, 2.45) is 5.92 Å². The van der Waals surface area contributed by atoms with E-state index in [0.29, 0.717) is 32.1 Å². The molecule has 1 saturated carbocycles. The first-order valence-electron chi connectivity index (χ1n) is 8.92. The molecule has 130 valence electrons. The third-order valence-corrected chi connectivity index (χ3v) is 5.68. The zero-order valence-corrected chi connectivity index (χ0v) is 13.8. The molecule has 1 spiro atoms. The normalized spacial score (nSPS) is 30.0. The lowest BCUT2D eigenvalue weighted by molar-refractivity contribution is -0.217. The van der Waals surface area contributed by atoms with Crippen molar-refractivity contribution in [2.75, 3.05) is 0 Å². The molecule has 2 heterocycles. The molecule has 0 aromatic heterocycles. The molecule has 1 saturated heterocycles. The fraction of sp³-hybridized carbons (Fsp3) is 0.450. The van der Waals surface area contributed by atoms with Crippen LogP contribution in [0.5, 0.6) is 11.5 Å². The smallest absolute Gasteiger partial charge is 0.306 e. The van der Waals surface area contributed by atoms with Gasteiger partial charge in [-0.25, -0.2) is 0 Å². The predicted molar refractivity (Wildman–Crippen MR) is 90.4 cm³/mol. The van der Waals surface area contributed by atoms with Gasteiger partial charge in [0.05, 0.1) is 17.4 Å². The van der Waals surface area contributed by atoms with Gasteiger partial charge in [-0.15, -0.1) is 0 Å². The van der Waals surface area contributed by atoms with Gasteiger partial charge in [-0.3, -0.25) is 4.79 Å². The van der Waals surface area contributed by atoms with E-state index < -0.39 is 11.9 Å². The molecule has 2 fully saturated rings. The lowest BCUT2D eigenvalue weighted by Crippen LogP contribution is -2.58. The Hall–Kier alpha value is -2.27. The van der Waals surface area contributed by atoms with Gasteiger partial charge in [0.2, 0.25) is 0 Å². The molecule has 2 aromatic rings. The number of hydrogen-bond acceptors (Lipinski definition) is 5. The first-order chi connectivity index (χ1) is 12.1. The molecule has 3 atom stereocenters. The van der Waals surface area contributed by atoms with Crippen molar-refractivity contribution in [2.45, 2.75) is 50.1 Å². The first kappa shape index (κ1) is 15.0. The van der Waals surface area contributed by atoms with E-state index in [1.807, 2.05) is 36.4 Å². The number of benzene rings is 2. The topological polar surface area (TPSA) is 65.0 Å². The highest BCUT2D eigenvalue weighted by molar-refractivity contribution is 5.94. The summed E-state index contributed by atoms with van der Waals surface area (Å²) in [5, 5.41) is 12.3. The number of carbonyl (C=O) groups is 1. The summed E-state index contributed by atoms with van der Waals surface area (Å²) in [4.78, 5) is 11.6. The Bertz CT molecular complexity index is 804. The summed E-state index contributed by atoms with van der Waals surface area (Å²) in [5.74, 6) is 0.330. The van der Waals surface area contributed by atoms with E-state index in [2.05, 4.69) is 0 Å². The highest BCUT2D eigenvalue weighted by Crippen LogP contribution is 2.50. The molecule has 2 aliphatic heterocycles. The van der Waals surface area contributed by atoms with Crippen LogP contribution in [0.1, 0.15) is 32.1 Å². The molecule has 5 heteroatoms. The van der Waals surface area contributed by atoms with Crippen LogP contribution in [0, 0.1) is 5.92 Å². The summed E-state index contributed by atoms with van der Waals surface area (Å²) in [6.07, 6.45) is 2.06. The molecule has 1 aliphatic carbocycles.